The summed E-state index contributed by atoms with van der Waals surface area (Å²) < 4.78 is 6.59. The fourth-order valence-electron chi connectivity index (χ4n) is 0.941. The number of nitrogens with two attached hydrogens (primary N) is 1. The number of hydrogen-bond acceptors (Lipinski definition) is 2. The zero-order chi connectivity index (χ0) is 9.84. The molecule has 0 bridgehead atoms. The van der Waals surface area contributed by atoms with Gasteiger partial charge in [0.05, 0.1) is 0 Å². The molecule has 1 unspecified atom stereocenters. The van der Waals surface area contributed by atoms with Gasteiger partial charge in [-0.1, -0.05) is 0 Å². The fraction of sp³-hybridized carbons (Fsp3) is 0.222. The van der Waals surface area contributed by atoms with E-state index in [9.17, 15) is 0 Å². The maximum absolute atomic E-state index is 5.48. The van der Waals surface area contributed by atoms with Crippen LogP contribution in [-0.2, 0) is 3.73 Å². The Morgan fingerprint density at radius 1 is 1.38 bits per heavy atom. The predicted octanol–water partition coefficient (Wildman–Crippen LogP) is 0.795. The summed E-state index contributed by atoms with van der Waals surface area (Å²) in [4.78, 5) is 0.444. The first-order valence-electron chi connectivity index (χ1n) is 3.83. The normalized spacial score (nSPS) is 12.5. The fourth-order valence-corrected chi connectivity index (χ4v) is 2.71. The Hall–Kier alpha value is -0.372. The van der Waals surface area contributed by atoms with Gasteiger partial charge < -0.3 is 0 Å². The van der Waals surface area contributed by atoms with Gasteiger partial charge in [0.2, 0.25) is 0 Å². The third-order valence-electron chi connectivity index (χ3n) is 1.79. The molecular weight excluding hydrogens is 245 g/mol. The van der Waals surface area contributed by atoms with Crippen molar-refractivity contribution in [3.8, 4) is 0 Å². The van der Waals surface area contributed by atoms with Gasteiger partial charge in [-0.2, -0.15) is 0 Å². The molecule has 0 fully saturated rings. The standard InChI is InChI=1S/C9H12AsNOS/c1-10(12-2)8-5-3-7(4-6-8)9(11)13/h3-6H,1-2H3,(H2,11,13). The second-order valence-corrected chi connectivity index (χ2v) is 6.97. The topological polar surface area (TPSA) is 35.2 Å². The van der Waals surface area contributed by atoms with E-state index in [2.05, 4.69) is 5.71 Å². The second-order valence-electron chi connectivity index (χ2n) is 2.59. The zero-order valence-corrected chi connectivity index (χ0v) is 10.3. The van der Waals surface area contributed by atoms with E-state index in [1.807, 2.05) is 24.3 Å². The van der Waals surface area contributed by atoms with Crippen molar-refractivity contribution in [2.24, 2.45) is 5.73 Å². The third-order valence-corrected chi connectivity index (χ3v) is 5.33. The molecule has 2 nitrogen and oxygen atoms in total. The summed E-state index contributed by atoms with van der Waals surface area (Å²) in [6.45, 7) is 0. The van der Waals surface area contributed by atoms with Crippen molar-refractivity contribution < 1.29 is 3.73 Å². The van der Waals surface area contributed by atoms with Gasteiger partial charge in [-0.05, 0) is 0 Å². The molecule has 0 aliphatic rings. The Morgan fingerprint density at radius 2 is 1.92 bits per heavy atom. The molecule has 0 aromatic heterocycles. The van der Waals surface area contributed by atoms with Gasteiger partial charge in [-0.15, -0.1) is 0 Å². The Kier molecular flexibility index (Phi) is 3.91. The van der Waals surface area contributed by atoms with Crippen LogP contribution in [0.25, 0.3) is 0 Å². The van der Waals surface area contributed by atoms with Gasteiger partial charge in [0.25, 0.3) is 0 Å². The maximum atomic E-state index is 5.48. The van der Waals surface area contributed by atoms with Crippen molar-refractivity contribution in [2.75, 3.05) is 7.11 Å². The molecule has 0 spiro atoms. The van der Waals surface area contributed by atoms with Crippen molar-refractivity contribution in [2.45, 2.75) is 5.71 Å². The third kappa shape index (κ3) is 2.80. The molecular formula is C9H12AsNOS. The molecule has 13 heavy (non-hydrogen) atoms. The van der Waals surface area contributed by atoms with E-state index < -0.39 is 15.0 Å². The van der Waals surface area contributed by atoms with Crippen LogP contribution >= 0.6 is 12.2 Å². The van der Waals surface area contributed by atoms with Crippen LogP contribution in [0.15, 0.2) is 24.3 Å². The van der Waals surface area contributed by atoms with Crippen molar-refractivity contribution in [1.82, 2.24) is 0 Å². The van der Waals surface area contributed by atoms with Crippen LogP contribution in [0.3, 0.4) is 0 Å². The molecule has 0 saturated heterocycles. The van der Waals surface area contributed by atoms with Crippen molar-refractivity contribution in [1.29, 1.82) is 0 Å². The number of thiocarbonyl (C=S) groups is 1. The molecule has 0 aliphatic heterocycles. The zero-order valence-electron chi connectivity index (χ0n) is 7.65. The first-order chi connectivity index (χ1) is 6.15. The van der Waals surface area contributed by atoms with Crippen LogP contribution in [0, 0.1) is 0 Å². The van der Waals surface area contributed by atoms with Crippen molar-refractivity contribution in [3.05, 3.63) is 29.8 Å². The monoisotopic (exact) mass is 257 g/mol. The van der Waals surface area contributed by atoms with Crippen LogP contribution in [0.2, 0.25) is 5.71 Å². The predicted molar refractivity (Wildman–Crippen MR) is 60.6 cm³/mol. The summed E-state index contributed by atoms with van der Waals surface area (Å²) >= 11 is 3.62. The van der Waals surface area contributed by atoms with Crippen LogP contribution in [-0.4, -0.2) is 27.1 Å². The van der Waals surface area contributed by atoms with Gasteiger partial charge in [0, 0.05) is 0 Å². The van der Waals surface area contributed by atoms with Crippen LogP contribution in [0.4, 0.5) is 0 Å². The summed E-state index contributed by atoms with van der Waals surface area (Å²) in [5.41, 5.74) is 8.54. The number of hydrogen-bond donors (Lipinski definition) is 1. The minimum absolute atomic E-state index is 0.444. The summed E-state index contributed by atoms with van der Waals surface area (Å²) in [7, 11) is 1.75. The molecule has 2 N–H and O–H groups in total. The summed E-state index contributed by atoms with van der Waals surface area (Å²) in [5, 5.41) is 0. The van der Waals surface area contributed by atoms with Crippen molar-refractivity contribution >= 4 is 36.6 Å². The van der Waals surface area contributed by atoms with E-state index in [-0.39, 0.29) is 0 Å². The first-order valence-corrected chi connectivity index (χ1v) is 7.82. The molecule has 1 rings (SSSR count). The van der Waals surface area contributed by atoms with E-state index >= 15 is 0 Å². The Balaban J connectivity index is 2.87. The Labute approximate surface area is 88.7 Å². The van der Waals surface area contributed by atoms with E-state index in [1.165, 1.54) is 4.35 Å². The van der Waals surface area contributed by atoms with Gasteiger partial charge >= 0.3 is 88.7 Å². The van der Waals surface area contributed by atoms with Gasteiger partial charge in [0.15, 0.2) is 0 Å². The van der Waals surface area contributed by atoms with Gasteiger partial charge in [0.1, 0.15) is 0 Å². The molecule has 0 amide bonds. The molecule has 1 aromatic rings. The Morgan fingerprint density at radius 3 is 2.31 bits per heavy atom. The van der Waals surface area contributed by atoms with Gasteiger partial charge in [-0.3, -0.25) is 0 Å². The van der Waals surface area contributed by atoms with Crippen LogP contribution in [0.1, 0.15) is 5.56 Å². The molecule has 1 atom stereocenters. The van der Waals surface area contributed by atoms with E-state index in [0.29, 0.717) is 4.99 Å². The molecule has 1 aromatic carbocycles. The SMILES string of the molecule is CO[As](C)c1ccc(C(N)=S)cc1. The van der Waals surface area contributed by atoms with Crippen molar-refractivity contribution in [3.63, 3.8) is 0 Å². The minimum atomic E-state index is -1.24. The summed E-state index contributed by atoms with van der Waals surface area (Å²) in [5.74, 6) is 0. The average Bonchev–Trinajstić information content (AvgIpc) is 2.17. The van der Waals surface area contributed by atoms with Crippen LogP contribution in [0.5, 0.6) is 0 Å². The molecule has 0 aliphatic carbocycles. The van der Waals surface area contributed by atoms with Crippen LogP contribution < -0.4 is 10.1 Å². The molecule has 4 heteroatoms. The molecule has 70 valence electrons. The Bertz CT molecular complexity index is 299. The van der Waals surface area contributed by atoms with E-state index in [4.69, 9.17) is 21.7 Å². The summed E-state index contributed by atoms with van der Waals surface area (Å²) in [6.07, 6.45) is 0. The molecule has 0 heterocycles. The average molecular weight is 257 g/mol. The summed E-state index contributed by atoms with van der Waals surface area (Å²) in [6, 6.07) is 7.97. The second kappa shape index (κ2) is 4.75. The number of benzene rings is 1. The molecule has 0 saturated carbocycles. The molecule has 0 radical (unpaired) electrons. The van der Waals surface area contributed by atoms with E-state index in [1.54, 1.807) is 7.11 Å². The first kappa shape index (κ1) is 10.7. The quantitative estimate of drug-likeness (QED) is 0.642. The van der Waals surface area contributed by atoms with Gasteiger partial charge in [-0.25, -0.2) is 0 Å². The van der Waals surface area contributed by atoms with E-state index in [0.717, 1.165) is 5.56 Å². The number of rotatable bonds is 3.